The van der Waals surface area contributed by atoms with Gasteiger partial charge in [0.25, 0.3) is 0 Å². The molecule has 1 aromatic heterocycles. The number of nitrogens with zero attached hydrogens (tertiary/aromatic N) is 1. The van der Waals surface area contributed by atoms with E-state index >= 15 is 0 Å². The Morgan fingerprint density at radius 1 is 1.26 bits per heavy atom. The molecule has 0 aliphatic rings. The predicted octanol–water partition coefficient (Wildman–Crippen LogP) is 3.81. The van der Waals surface area contributed by atoms with Crippen LogP contribution in [0.3, 0.4) is 0 Å². The molecule has 0 unspecified atom stereocenters. The van der Waals surface area contributed by atoms with E-state index in [9.17, 15) is 0 Å². The lowest BCUT2D eigenvalue weighted by Crippen LogP contribution is -1.97. The van der Waals surface area contributed by atoms with E-state index < -0.39 is 0 Å². The molecular formula is C15H18N2OS. The Morgan fingerprint density at radius 3 is 2.95 bits per heavy atom. The minimum atomic E-state index is 0.854. The monoisotopic (exact) mass is 274 g/mol. The molecule has 4 heteroatoms. The van der Waals surface area contributed by atoms with Crippen molar-refractivity contribution in [3.63, 3.8) is 0 Å². The van der Waals surface area contributed by atoms with Crippen molar-refractivity contribution in [3.05, 3.63) is 48.3 Å². The molecule has 0 saturated heterocycles. The maximum absolute atomic E-state index is 5.22. The molecule has 19 heavy (non-hydrogen) atoms. The first kappa shape index (κ1) is 13.7. The second kappa shape index (κ2) is 7.04. The zero-order valence-corrected chi connectivity index (χ0v) is 12.0. The van der Waals surface area contributed by atoms with Gasteiger partial charge in [0.15, 0.2) is 0 Å². The molecule has 0 atom stereocenters. The average Bonchev–Trinajstić information content (AvgIpc) is 2.46. The number of anilines is 1. The van der Waals surface area contributed by atoms with Crippen molar-refractivity contribution in [2.75, 3.05) is 19.0 Å². The van der Waals surface area contributed by atoms with E-state index in [2.05, 4.69) is 29.4 Å². The van der Waals surface area contributed by atoms with E-state index in [0.717, 1.165) is 29.4 Å². The molecule has 3 nitrogen and oxygen atoms in total. The Kier molecular flexibility index (Phi) is 5.10. The molecule has 1 aromatic carbocycles. The summed E-state index contributed by atoms with van der Waals surface area (Å²) in [7, 11) is 1.69. The molecule has 0 spiro atoms. The summed E-state index contributed by atoms with van der Waals surface area (Å²) in [5.74, 6) is 1.74. The van der Waals surface area contributed by atoms with Gasteiger partial charge in [0.05, 0.1) is 12.8 Å². The smallest absolute Gasteiger partial charge is 0.119 e. The number of aromatic nitrogens is 1. The van der Waals surface area contributed by atoms with Gasteiger partial charge in [-0.25, -0.2) is 0 Å². The van der Waals surface area contributed by atoms with Gasteiger partial charge in [-0.15, -0.1) is 11.8 Å². The second-order valence-electron chi connectivity index (χ2n) is 4.03. The van der Waals surface area contributed by atoms with Gasteiger partial charge in [-0.2, -0.15) is 0 Å². The van der Waals surface area contributed by atoms with E-state index in [4.69, 9.17) is 4.74 Å². The van der Waals surface area contributed by atoms with Gasteiger partial charge >= 0.3 is 0 Å². The fourth-order valence-electron chi connectivity index (χ4n) is 1.72. The van der Waals surface area contributed by atoms with Crippen LogP contribution >= 0.6 is 11.8 Å². The Hall–Kier alpha value is -1.68. The number of methoxy groups -OCH3 is 1. The highest BCUT2D eigenvalue weighted by molar-refractivity contribution is 7.98. The van der Waals surface area contributed by atoms with E-state index in [-0.39, 0.29) is 0 Å². The van der Waals surface area contributed by atoms with Crippen LogP contribution in [0.1, 0.15) is 12.6 Å². The molecule has 0 fully saturated rings. The second-order valence-corrected chi connectivity index (χ2v) is 5.08. The number of nitrogens with one attached hydrogen (secondary N) is 1. The van der Waals surface area contributed by atoms with Crippen LogP contribution < -0.4 is 10.1 Å². The van der Waals surface area contributed by atoms with E-state index in [1.54, 1.807) is 18.9 Å². The fourth-order valence-corrected chi connectivity index (χ4v) is 2.57. The van der Waals surface area contributed by atoms with Crippen LogP contribution in [0.25, 0.3) is 0 Å². The number of pyridine rings is 1. The van der Waals surface area contributed by atoms with Gasteiger partial charge in [-0.1, -0.05) is 6.07 Å². The highest BCUT2D eigenvalue weighted by atomic mass is 32.2. The Balaban J connectivity index is 1.99. The number of hydrogen-bond donors (Lipinski definition) is 1. The minimum Gasteiger partial charge on any atom is -0.497 e. The van der Waals surface area contributed by atoms with Gasteiger partial charge < -0.3 is 10.1 Å². The van der Waals surface area contributed by atoms with Crippen LogP contribution in [0.5, 0.6) is 5.75 Å². The van der Waals surface area contributed by atoms with E-state index in [1.807, 2.05) is 30.5 Å². The molecule has 2 rings (SSSR count). The van der Waals surface area contributed by atoms with Gasteiger partial charge in [0.1, 0.15) is 5.75 Å². The Labute approximate surface area is 118 Å². The summed E-state index contributed by atoms with van der Waals surface area (Å²) in [6.45, 7) is 3.01. The summed E-state index contributed by atoms with van der Waals surface area (Å²) in [6, 6.07) is 12.2. The summed E-state index contributed by atoms with van der Waals surface area (Å²) in [4.78, 5) is 5.58. The summed E-state index contributed by atoms with van der Waals surface area (Å²) in [5.41, 5.74) is 2.20. The Bertz CT molecular complexity index is 531. The Morgan fingerprint density at radius 2 is 2.16 bits per heavy atom. The van der Waals surface area contributed by atoms with Crippen LogP contribution in [0, 0.1) is 0 Å². The zero-order chi connectivity index (χ0) is 13.5. The molecular weight excluding hydrogens is 256 g/mol. The number of hydrogen-bond acceptors (Lipinski definition) is 4. The zero-order valence-electron chi connectivity index (χ0n) is 11.2. The SMILES string of the molecule is CCNc1ccnc(CSc2cccc(OC)c2)c1. The van der Waals surface area contributed by atoms with Crippen molar-refractivity contribution in [1.29, 1.82) is 0 Å². The normalized spacial score (nSPS) is 10.2. The highest BCUT2D eigenvalue weighted by Gasteiger charge is 2.00. The van der Waals surface area contributed by atoms with Crippen molar-refractivity contribution in [1.82, 2.24) is 4.98 Å². The highest BCUT2D eigenvalue weighted by Crippen LogP contribution is 2.26. The van der Waals surface area contributed by atoms with Crippen molar-refractivity contribution >= 4 is 17.4 Å². The van der Waals surface area contributed by atoms with Gasteiger partial charge in [-0.05, 0) is 37.3 Å². The standard InChI is InChI=1S/C15H18N2OS/c1-3-16-12-7-8-17-13(9-12)11-19-15-6-4-5-14(10-15)18-2/h4-10H,3,11H2,1-2H3,(H,16,17). The van der Waals surface area contributed by atoms with Crippen molar-refractivity contribution in [2.45, 2.75) is 17.6 Å². The third-order valence-corrected chi connectivity index (χ3v) is 3.65. The van der Waals surface area contributed by atoms with Crippen LogP contribution in [0.15, 0.2) is 47.5 Å². The first-order valence-corrected chi connectivity index (χ1v) is 7.26. The van der Waals surface area contributed by atoms with Crippen molar-refractivity contribution in [3.8, 4) is 5.75 Å². The number of thioether (sulfide) groups is 1. The first-order chi connectivity index (χ1) is 9.31. The molecule has 1 heterocycles. The number of rotatable bonds is 6. The van der Waals surface area contributed by atoms with Crippen molar-refractivity contribution < 1.29 is 4.74 Å². The molecule has 0 aliphatic carbocycles. The summed E-state index contributed by atoms with van der Waals surface area (Å²) < 4.78 is 5.22. The molecule has 100 valence electrons. The predicted molar refractivity (Wildman–Crippen MR) is 81.0 cm³/mol. The summed E-state index contributed by atoms with van der Waals surface area (Å²) >= 11 is 1.76. The minimum absolute atomic E-state index is 0.854. The number of benzene rings is 1. The number of ether oxygens (including phenoxy) is 1. The van der Waals surface area contributed by atoms with Crippen LogP contribution in [-0.2, 0) is 5.75 Å². The molecule has 0 saturated carbocycles. The van der Waals surface area contributed by atoms with Gasteiger partial charge in [0.2, 0.25) is 0 Å². The first-order valence-electron chi connectivity index (χ1n) is 6.27. The van der Waals surface area contributed by atoms with Crippen molar-refractivity contribution in [2.24, 2.45) is 0 Å². The van der Waals surface area contributed by atoms with Crippen LogP contribution in [0.4, 0.5) is 5.69 Å². The van der Waals surface area contributed by atoms with Gasteiger partial charge in [-0.3, -0.25) is 4.98 Å². The van der Waals surface area contributed by atoms with E-state index in [0.29, 0.717) is 0 Å². The van der Waals surface area contributed by atoms with Gasteiger partial charge in [0, 0.05) is 29.1 Å². The molecule has 0 radical (unpaired) electrons. The maximum Gasteiger partial charge on any atom is 0.119 e. The lowest BCUT2D eigenvalue weighted by Gasteiger charge is -2.06. The molecule has 2 aromatic rings. The molecule has 0 aliphatic heterocycles. The maximum atomic E-state index is 5.22. The lowest BCUT2D eigenvalue weighted by atomic mass is 10.3. The van der Waals surface area contributed by atoms with Crippen LogP contribution in [0.2, 0.25) is 0 Å². The largest absolute Gasteiger partial charge is 0.497 e. The average molecular weight is 274 g/mol. The molecule has 0 bridgehead atoms. The summed E-state index contributed by atoms with van der Waals surface area (Å²) in [5, 5.41) is 3.30. The fraction of sp³-hybridized carbons (Fsp3) is 0.267. The molecule has 1 N–H and O–H groups in total. The third kappa shape index (κ3) is 4.17. The summed E-state index contributed by atoms with van der Waals surface area (Å²) in [6.07, 6.45) is 1.85. The lowest BCUT2D eigenvalue weighted by molar-refractivity contribution is 0.413. The van der Waals surface area contributed by atoms with E-state index in [1.165, 1.54) is 4.90 Å². The third-order valence-electron chi connectivity index (χ3n) is 2.63. The quantitative estimate of drug-likeness (QED) is 0.812. The van der Waals surface area contributed by atoms with Crippen LogP contribution in [-0.4, -0.2) is 18.6 Å². The topological polar surface area (TPSA) is 34.2 Å². The molecule has 0 amide bonds.